The lowest BCUT2D eigenvalue weighted by molar-refractivity contribution is 0.637. The summed E-state index contributed by atoms with van der Waals surface area (Å²) in [4.78, 5) is 0. The van der Waals surface area contributed by atoms with Gasteiger partial charge in [0.2, 0.25) is 0 Å². The molecule has 3 rings (SSSR count). The van der Waals surface area contributed by atoms with Gasteiger partial charge in [-0.3, -0.25) is 0 Å². The molecule has 2 aromatic rings. The zero-order valence-electron chi connectivity index (χ0n) is 11.0. The van der Waals surface area contributed by atoms with Crippen LogP contribution < -0.4 is 10.6 Å². The van der Waals surface area contributed by atoms with Gasteiger partial charge < -0.3 is 10.6 Å². The Balaban J connectivity index is 1.92. The Morgan fingerprint density at radius 1 is 1.10 bits per heavy atom. The molecule has 0 aromatic heterocycles. The summed E-state index contributed by atoms with van der Waals surface area (Å²) in [6.07, 6.45) is 1.08. The van der Waals surface area contributed by atoms with Crippen molar-refractivity contribution < 1.29 is 0 Å². The van der Waals surface area contributed by atoms with Crippen LogP contribution in [0.2, 0.25) is 0 Å². The summed E-state index contributed by atoms with van der Waals surface area (Å²) >= 11 is 7.15. The Morgan fingerprint density at radius 2 is 1.95 bits per heavy atom. The molecule has 1 aliphatic heterocycles. The maximum absolute atomic E-state index is 3.67. The SMILES string of the molecule is Brc1ccc(Br)c(NC2CCNCc3ccccc32)c1. The minimum absolute atomic E-state index is 0.340. The van der Waals surface area contributed by atoms with Crippen LogP contribution in [0, 0.1) is 0 Å². The number of benzene rings is 2. The minimum Gasteiger partial charge on any atom is -0.377 e. The first-order valence-electron chi connectivity index (χ1n) is 6.74. The van der Waals surface area contributed by atoms with E-state index in [2.05, 4.69) is 78.9 Å². The van der Waals surface area contributed by atoms with Crippen LogP contribution in [0.3, 0.4) is 0 Å². The zero-order chi connectivity index (χ0) is 13.9. The van der Waals surface area contributed by atoms with Crippen LogP contribution in [-0.2, 0) is 6.54 Å². The molecule has 2 nitrogen and oxygen atoms in total. The second kappa shape index (κ2) is 6.29. The van der Waals surface area contributed by atoms with Crippen molar-refractivity contribution in [3.05, 3.63) is 62.5 Å². The molecule has 0 fully saturated rings. The molecule has 104 valence electrons. The Morgan fingerprint density at radius 3 is 2.85 bits per heavy atom. The number of fused-ring (bicyclic) bond motifs is 1. The zero-order valence-corrected chi connectivity index (χ0v) is 14.2. The normalized spacial score (nSPS) is 18.2. The van der Waals surface area contributed by atoms with Gasteiger partial charge in [-0.05, 0) is 58.2 Å². The first kappa shape index (κ1) is 14.1. The molecule has 1 atom stereocenters. The monoisotopic (exact) mass is 394 g/mol. The Bertz CT molecular complexity index is 613. The van der Waals surface area contributed by atoms with Crippen LogP contribution in [0.5, 0.6) is 0 Å². The lowest BCUT2D eigenvalue weighted by atomic mass is 9.99. The average molecular weight is 396 g/mol. The van der Waals surface area contributed by atoms with Crippen molar-refractivity contribution in [1.29, 1.82) is 0 Å². The molecule has 0 aliphatic carbocycles. The molecule has 0 amide bonds. The van der Waals surface area contributed by atoms with E-state index >= 15 is 0 Å². The fourth-order valence-corrected chi connectivity index (χ4v) is 3.33. The Labute approximate surface area is 136 Å². The second-order valence-corrected chi connectivity index (χ2v) is 6.76. The van der Waals surface area contributed by atoms with E-state index in [9.17, 15) is 0 Å². The van der Waals surface area contributed by atoms with Crippen molar-refractivity contribution in [2.75, 3.05) is 11.9 Å². The van der Waals surface area contributed by atoms with Gasteiger partial charge in [0.05, 0.1) is 11.7 Å². The molecular weight excluding hydrogens is 380 g/mol. The lowest BCUT2D eigenvalue weighted by Crippen LogP contribution is -2.15. The molecule has 2 N–H and O–H groups in total. The molecule has 1 aliphatic rings. The molecule has 0 saturated heterocycles. The van der Waals surface area contributed by atoms with Gasteiger partial charge in [0.1, 0.15) is 0 Å². The maximum atomic E-state index is 3.67. The van der Waals surface area contributed by atoms with Crippen molar-refractivity contribution >= 4 is 37.5 Å². The number of hydrogen-bond donors (Lipinski definition) is 2. The largest absolute Gasteiger partial charge is 0.377 e. The molecule has 4 heteroatoms. The molecule has 0 bridgehead atoms. The van der Waals surface area contributed by atoms with E-state index in [1.165, 1.54) is 11.1 Å². The van der Waals surface area contributed by atoms with Gasteiger partial charge >= 0.3 is 0 Å². The van der Waals surface area contributed by atoms with Crippen molar-refractivity contribution in [3.63, 3.8) is 0 Å². The van der Waals surface area contributed by atoms with Gasteiger partial charge in [0, 0.05) is 15.5 Å². The molecule has 0 radical (unpaired) electrons. The predicted octanol–water partition coefficient (Wildman–Crippen LogP) is 4.86. The van der Waals surface area contributed by atoms with Crippen molar-refractivity contribution in [2.24, 2.45) is 0 Å². The number of halogens is 2. The van der Waals surface area contributed by atoms with E-state index in [0.29, 0.717) is 6.04 Å². The van der Waals surface area contributed by atoms with Gasteiger partial charge in [-0.2, -0.15) is 0 Å². The van der Waals surface area contributed by atoms with Gasteiger partial charge in [0.15, 0.2) is 0 Å². The van der Waals surface area contributed by atoms with E-state index in [1.807, 2.05) is 6.07 Å². The highest BCUT2D eigenvalue weighted by Gasteiger charge is 2.18. The van der Waals surface area contributed by atoms with E-state index in [-0.39, 0.29) is 0 Å². The number of rotatable bonds is 2. The average Bonchev–Trinajstić information content (AvgIpc) is 2.66. The smallest absolute Gasteiger partial charge is 0.0529 e. The molecule has 1 unspecified atom stereocenters. The molecular formula is C16H16Br2N2. The van der Waals surface area contributed by atoms with E-state index in [0.717, 1.165) is 34.1 Å². The highest BCUT2D eigenvalue weighted by molar-refractivity contribution is 9.11. The molecule has 0 spiro atoms. The summed E-state index contributed by atoms with van der Waals surface area (Å²) in [7, 11) is 0. The predicted molar refractivity (Wildman–Crippen MR) is 91.0 cm³/mol. The van der Waals surface area contributed by atoms with Crippen molar-refractivity contribution in [2.45, 2.75) is 19.0 Å². The van der Waals surface area contributed by atoms with Crippen LogP contribution in [0.25, 0.3) is 0 Å². The summed E-state index contributed by atoms with van der Waals surface area (Å²) in [6, 6.07) is 15.2. The minimum atomic E-state index is 0.340. The quantitative estimate of drug-likeness (QED) is 0.758. The van der Waals surface area contributed by atoms with Gasteiger partial charge in [-0.25, -0.2) is 0 Å². The van der Waals surface area contributed by atoms with Crippen LogP contribution in [0.1, 0.15) is 23.6 Å². The van der Waals surface area contributed by atoms with Crippen molar-refractivity contribution in [1.82, 2.24) is 5.32 Å². The lowest BCUT2D eigenvalue weighted by Gasteiger charge is -2.21. The van der Waals surface area contributed by atoms with Gasteiger partial charge in [-0.15, -0.1) is 0 Å². The van der Waals surface area contributed by atoms with Crippen LogP contribution in [0.15, 0.2) is 51.4 Å². The van der Waals surface area contributed by atoms with Crippen LogP contribution >= 0.6 is 31.9 Å². The standard InChI is InChI=1S/C16H16Br2N2/c17-12-5-6-14(18)16(9-12)20-15-7-8-19-10-11-3-1-2-4-13(11)15/h1-6,9,15,19-20H,7-8,10H2. The first-order valence-corrected chi connectivity index (χ1v) is 8.33. The van der Waals surface area contributed by atoms with E-state index in [4.69, 9.17) is 0 Å². The third-order valence-corrected chi connectivity index (χ3v) is 4.80. The number of anilines is 1. The summed E-state index contributed by atoms with van der Waals surface area (Å²) in [5.74, 6) is 0. The highest BCUT2D eigenvalue weighted by Crippen LogP contribution is 2.32. The third-order valence-electron chi connectivity index (χ3n) is 3.61. The van der Waals surface area contributed by atoms with Gasteiger partial charge in [0.25, 0.3) is 0 Å². The first-order chi connectivity index (χ1) is 9.74. The molecule has 1 heterocycles. The Kier molecular flexibility index (Phi) is 4.44. The molecule has 20 heavy (non-hydrogen) atoms. The maximum Gasteiger partial charge on any atom is 0.0529 e. The topological polar surface area (TPSA) is 24.1 Å². The molecule has 2 aromatic carbocycles. The number of hydrogen-bond acceptors (Lipinski definition) is 2. The fourth-order valence-electron chi connectivity index (χ4n) is 2.61. The third kappa shape index (κ3) is 3.08. The Hall–Kier alpha value is -0.840. The second-order valence-electron chi connectivity index (χ2n) is 4.99. The summed E-state index contributed by atoms with van der Waals surface area (Å²) in [5, 5.41) is 7.15. The fraction of sp³-hybridized carbons (Fsp3) is 0.250. The summed E-state index contributed by atoms with van der Waals surface area (Å²) < 4.78 is 2.18. The van der Waals surface area contributed by atoms with E-state index in [1.54, 1.807) is 0 Å². The summed E-state index contributed by atoms with van der Waals surface area (Å²) in [6.45, 7) is 1.98. The van der Waals surface area contributed by atoms with Crippen molar-refractivity contribution in [3.8, 4) is 0 Å². The van der Waals surface area contributed by atoms with Crippen LogP contribution in [0.4, 0.5) is 5.69 Å². The number of nitrogens with one attached hydrogen (secondary N) is 2. The van der Waals surface area contributed by atoms with E-state index < -0.39 is 0 Å². The summed E-state index contributed by atoms with van der Waals surface area (Å²) in [5.41, 5.74) is 3.90. The van der Waals surface area contributed by atoms with Gasteiger partial charge in [-0.1, -0.05) is 40.2 Å². The van der Waals surface area contributed by atoms with Crippen LogP contribution in [-0.4, -0.2) is 6.54 Å². The highest BCUT2D eigenvalue weighted by atomic mass is 79.9. The molecule has 0 saturated carbocycles.